The Labute approximate surface area is 292 Å². The van der Waals surface area contributed by atoms with Crippen LogP contribution in [0.1, 0.15) is 25.0 Å². The average molecular weight is 662 g/mol. The maximum Gasteiger partial charge on any atom is 0.163 e. The molecule has 0 N–H and O–H groups in total. The Morgan fingerprint density at radius 1 is 0.490 bits per heavy atom. The quantitative estimate of drug-likeness (QED) is 0.122. The Kier molecular flexibility index (Phi) is 10.5. The molecule has 1 fully saturated rings. The van der Waals surface area contributed by atoms with Gasteiger partial charge in [-0.05, 0) is 65.8 Å². The van der Waals surface area contributed by atoms with E-state index in [0.717, 1.165) is 25.8 Å². The highest BCUT2D eigenvalue weighted by atomic mass is 31.1. The second-order valence-electron chi connectivity index (χ2n) is 13.2. The zero-order chi connectivity index (χ0) is 33.5. The molecule has 7 rings (SSSR count). The normalized spacial score (nSPS) is 17.1. The molecule has 0 unspecified atom stereocenters. The van der Waals surface area contributed by atoms with Crippen LogP contribution in [0.25, 0.3) is 22.3 Å². The highest BCUT2D eigenvalue weighted by Crippen LogP contribution is 2.41. The van der Waals surface area contributed by atoms with Gasteiger partial charge >= 0.3 is 0 Å². The molecule has 0 saturated carbocycles. The predicted molar refractivity (Wildman–Crippen MR) is 206 cm³/mol. The third-order valence-corrected chi connectivity index (χ3v) is 11.8. The summed E-state index contributed by atoms with van der Waals surface area (Å²) in [5, 5.41) is 2.72. The van der Waals surface area contributed by atoms with Crippen LogP contribution in [0, 0.1) is 0 Å². The van der Waals surface area contributed by atoms with Crippen LogP contribution in [0.4, 0.5) is 0 Å². The van der Waals surface area contributed by atoms with E-state index in [0.29, 0.717) is 0 Å². The molecule has 0 aliphatic carbocycles. The zero-order valence-corrected chi connectivity index (χ0v) is 29.3. The summed E-state index contributed by atoms with van der Waals surface area (Å²) in [5.74, 6) is -0.667. The molecule has 6 aromatic rings. The van der Waals surface area contributed by atoms with Gasteiger partial charge in [0.05, 0.1) is 6.10 Å². The van der Waals surface area contributed by atoms with Crippen molar-refractivity contribution in [2.75, 3.05) is 12.7 Å². The second kappa shape index (κ2) is 15.5. The van der Waals surface area contributed by atoms with E-state index in [4.69, 9.17) is 9.47 Å². The molecule has 49 heavy (non-hydrogen) atoms. The van der Waals surface area contributed by atoms with Crippen molar-refractivity contribution >= 4 is 18.5 Å². The predicted octanol–water partition coefficient (Wildman–Crippen LogP) is 9.68. The van der Waals surface area contributed by atoms with E-state index in [-0.39, 0.29) is 12.2 Å². The van der Waals surface area contributed by atoms with Crippen LogP contribution in [0.15, 0.2) is 170 Å². The van der Waals surface area contributed by atoms with Gasteiger partial charge < -0.3 is 9.47 Å². The summed E-state index contributed by atoms with van der Waals surface area (Å²) in [6.07, 6.45) is 0.741. The summed E-state index contributed by atoms with van der Waals surface area (Å²) in [4.78, 5) is 2.57. The molecule has 0 bridgehead atoms. The van der Waals surface area contributed by atoms with Crippen molar-refractivity contribution < 1.29 is 9.47 Å². The first-order chi connectivity index (χ1) is 24.0. The van der Waals surface area contributed by atoms with Gasteiger partial charge in [0.25, 0.3) is 0 Å². The third-order valence-electron chi connectivity index (χ3n) is 9.21. The van der Waals surface area contributed by atoms with Crippen molar-refractivity contribution in [2.24, 2.45) is 0 Å². The lowest BCUT2D eigenvalue weighted by Crippen LogP contribution is -2.39. The SMILES string of the molecule is CC1(C)O[C@@H](CN(Cc2ccccc2-c2ccccc2)Cc2ccccc2-c2ccccc2)[C@H](CP(c2ccccc2)c2ccccc2)O1. The van der Waals surface area contributed by atoms with Crippen molar-refractivity contribution in [3.05, 3.63) is 181 Å². The molecule has 1 aliphatic rings. The van der Waals surface area contributed by atoms with Gasteiger partial charge in [-0.2, -0.15) is 0 Å². The van der Waals surface area contributed by atoms with Crippen LogP contribution in [0.3, 0.4) is 0 Å². The van der Waals surface area contributed by atoms with E-state index in [1.807, 2.05) is 0 Å². The first-order valence-electron chi connectivity index (χ1n) is 17.2. The maximum atomic E-state index is 6.82. The summed E-state index contributed by atoms with van der Waals surface area (Å²) in [6.45, 7) is 6.44. The Morgan fingerprint density at radius 3 is 1.35 bits per heavy atom. The van der Waals surface area contributed by atoms with E-state index >= 15 is 0 Å². The topological polar surface area (TPSA) is 21.7 Å². The van der Waals surface area contributed by atoms with Crippen molar-refractivity contribution in [1.82, 2.24) is 4.90 Å². The Morgan fingerprint density at radius 2 is 0.878 bits per heavy atom. The fourth-order valence-electron chi connectivity index (χ4n) is 7.01. The fraction of sp³-hybridized carbons (Fsp3) is 0.200. The largest absolute Gasteiger partial charge is 0.344 e. The van der Waals surface area contributed by atoms with Gasteiger partial charge in [0.15, 0.2) is 5.79 Å². The van der Waals surface area contributed by atoms with E-state index in [2.05, 4.69) is 189 Å². The van der Waals surface area contributed by atoms with E-state index < -0.39 is 13.7 Å². The van der Waals surface area contributed by atoms with Crippen LogP contribution in [-0.4, -0.2) is 35.6 Å². The molecule has 1 saturated heterocycles. The van der Waals surface area contributed by atoms with Crippen molar-refractivity contribution in [1.29, 1.82) is 0 Å². The first kappa shape index (κ1) is 33.1. The molecule has 246 valence electrons. The van der Waals surface area contributed by atoms with Crippen LogP contribution >= 0.6 is 7.92 Å². The summed E-state index contributed by atoms with van der Waals surface area (Å²) in [5.41, 5.74) is 7.60. The molecule has 6 aromatic carbocycles. The lowest BCUT2D eigenvalue weighted by atomic mass is 9.97. The van der Waals surface area contributed by atoms with Crippen molar-refractivity contribution in [3.8, 4) is 22.3 Å². The van der Waals surface area contributed by atoms with Crippen LogP contribution in [0.5, 0.6) is 0 Å². The van der Waals surface area contributed by atoms with Crippen LogP contribution in [-0.2, 0) is 22.6 Å². The summed E-state index contributed by atoms with van der Waals surface area (Å²) >= 11 is 0. The van der Waals surface area contributed by atoms with Crippen LogP contribution < -0.4 is 10.6 Å². The van der Waals surface area contributed by atoms with Gasteiger partial charge in [-0.25, -0.2) is 0 Å². The highest BCUT2D eigenvalue weighted by Gasteiger charge is 2.43. The number of ether oxygens (including phenoxy) is 2. The minimum absolute atomic E-state index is 0.0576. The molecular weight excluding hydrogens is 617 g/mol. The maximum absolute atomic E-state index is 6.82. The van der Waals surface area contributed by atoms with Crippen molar-refractivity contribution in [2.45, 2.75) is 44.9 Å². The number of hydrogen-bond donors (Lipinski definition) is 0. The highest BCUT2D eigenvalue weighted by molar-refractivity contribution is 7.73. The lowest BCUT2D eigenvalue weighted by Gasteiger charge is -2.30. The number of benzene rings is 6. The molecule has 0 amide bonds. The summed E-state index contributed by atoms with van der Waals surface area (Å²) in [7, 11) is -0.646. The second-order valence-corrected chi connectivity index (χ2v) is 15.5. The van der Waals surface area contributed by atoms with Crippen molar-refractivity contribution in [3.63, 3.8) is 0 Å². The third kappa shape index (κ3) is 8.27. The summed E-state index contributed by atoms with van der Waals surface area (Å²) < 4.78 is 13.6. The van der Waals surface area contributed by atoms with Crippen LogP contribution in [0.2, 0.25) is 0 Å². The van der Waals surface area contributed by atoms with Gasteiger partial charge in [-0.15, -0.1) is 0 Å². The monoisotopic (exact) mass is 661 g/mol. The van der Waals surface area contributed by atoms with E-state index in [1.54, 1.807) is 0 Å². The molecule has 1 heterocycles. The first-order valence-corrected chi connectivity index (χ1v) is 18.8. The molecular formula is C45H44NO2P. The van der Waals surface area contributed by atoms with E-state index in [1.165, 1.54) is 44.0 Å². The molecule has 1 aliphatic heterocycles. The van der Waals surface area contributed by atoms with Gasteiger partial charge in [0.2, 0.25) is 0 Å². The Balaban J connectivity index is 1.23. The standard InChI is InChI=1S/C45H44NO2P/c1-45(2)47-43(44(48-45)34-49(39-25-11-5-12-26-39)40-27-13-6-14-28-40)33-46(31-37-23-15-17-29-41(37)35-19-7-3-8-20-35)32-38-24-16-18-30-42(38)36-21-9-4-10-22-36/h3-30,43-44H,31-34H2,1-2H3/t43-,44-/m0/s1. The van der Waals surface area contributed by atoms with E-state index in [9.17, 15) is 0 Å². The number of rotatable bonds is 12. The molecule has 0 aromatic heterocycles. The average Bonchev–Trinajstić information content (AvgIpc) is 3.44. The Hall–Kier alpha value is -4.37. The van der Waals surface area contributed by atoms with Gasteiger partial charge in [0, 0.05) is 25.8 Å². The molecule has 0 radical (unpaired) electrons. The van der Waals surface area contributed by atoms with Gasteiger partial charge in [-0.3, -0.25) is 4.90 Å². The molecule has 4 heteroatoms. The van der Waals surface area contributed by atoms with Gasteiger partial charge in [0.1, 0.15) is 6.10 Å². The number of nitrogens with zero attached hydrogens (tertiary/aromatic N) is 1. The summed E-state index contributed by atoms with van der Waals surface area (Å²) in [6, 6.07) is 61.0. The molecule has 0 spiro atoms. The lowest BCUT2D eigenvalue weighted by molar-refractivity contribution is -0.146. The zero-order valence-electron chi connectivity index (χ0n) is 28.4. The Bertz CT molecular complexity index is 1790. The fourth-order valence-corrected chi connectivity index (χ4v) is 9.46. The molecule has 2 atom stereocenters. The molecule has 3 nitrogen and oxygen atoms in total. The smallest absolute Gasteiger partial charge is 0.163 e. The minimum atomic E-state index is -0.667. The van der Waals surface area contributed by atoms with Gasteiger partial charge in [-0.1, -0.05) is 170 Å². The minimum Gasteiger partial charge on any atom is -0.344 e. The number of hydrogen-bond acceptors (Lipinski definition) is 3.